The Bertz CT molecular complexity index is 564. The van der Waals surface area contributed by atoms with E-state index in [-0.39, 0.29) is 12.5 Å². The van der Waals surface area contributed by atoms with Crippen molar-refractivity contribution in [3.8, 4) is 0 Å². The minimum atomic E-state index is -0.797. The molecule has 2 rings (SSSR count). The molecule has 19 heavy (non-hydrogen) atoms. The Kier molecular flexibility index (Phi) is 4.28. The van der Waals surface area contributed by atoms with Gasteiger partial charge in [0.1, 0.15) is 12.2 Å². The Morgan fingerprint density at radius 3 is 2.89 bits per heavy atom. The van der Waals surface area contributed by atoms with E-state index in [1.54, 1.807) is 6.33 Å². The summed E-state index contributed by atoms with van der Waals surface area (Å²) in [7, 11) is 1.91. The molecule has 0 amide bonds. The Morgan fingerprint density at radius 2 is 2.26 bits per heavy atom. The zero-order valence-electron chi connectivity index (χ0n) is 10.8. The van der Waals surface area contributed by atoms with Crippen LogP contribution in [0.1, 0.15) is 28.5 Å². The third-order valence-corrected chi connectivity index (χ3v) is 3.84. The summed E-state index contributed by atoms with van der Waals surface area (Å²) >= 11 is 1.52. The third kappa shape index (κ3) is 3.62. The van der Waals surface area contributed by atoms with Crippen LogP contribution in [0.15, 0.2) is 18.5 Å². The van der Waals surface area contributed by atoms with Gasteiger partial charge in [-0.2, -0.15) is 0 Å². The van der Waals surface area contributed by atoms with E-state index < -0.39 is 5.97 Å². The van der Waals surface area contributed by atoms with E-state index in [1.807, 2.05) is 30.7 Å². The summed E-state index contributed by atoms with van der Waals surface area (Å²) in [6.07, 6.45) is 1.76. The Hall–Kier alpha value is -1.73. The molecule has 102 valence electrons. The molecular weight excluding hydrogens is 264 g/mol. The molecule has 1 unspecified atom stereocenters. The highest BCUT2D eigenvalue weighted by atomic mass is 32.1. The molecule has 0 saturated carbocycles. The van der Waals surface area contributed by atoms with Gasteiger partial charge in [-0.15, -0.1) is 21.5 Å². The zero-order valence-corrected chi connectivity index (χ0v) is 11.6. The van der Waals surface area contributed by atoms with E-state index in [0.29, 0.717) is 6.54 Å². The van der Waals surface area contributed by atoms with Crippen molar-refractivity contribution >= 4 is 17.3 Å². The van der Waals surface area contributed by atoms with E-state index >= 15 is 0 Å². The lowest BCUT2D eigenvalue weighted by Gasteiger charge is -2.11. The summed E-state index contributed by atoms with van der Waals surface area (Å²) in [6, 6.07) is 3.92. The maximum atomic E-state index is 10.6. The van der Waals surface area contributed by atoms with Gasteiger partial charge in [-0.1, -0.05) is 0 Å². The van der Waals surface area contributed by atoms with Gasteiger partial charge in [0, 0.05) is 23.3 Å². The van der Waals surface area contributed by atoms with Gasteiger partial charge in [0.15, 0.2) is 0 Å². The number of rotatable bonds is 6. The molecule has 2 aromatic rings. The molecule has 2 N–H and O–H groups in total. The lowest BCUT2D eigenvalue weighted by Crippen LogP contribution is -2.20. The van der Waals surface area contributed by atoms with Crippen molar-refractivity contribution in [2.24, 2.45) is 7.05 Å². The summed E-state index contributed by atoms with van der Waals surface area (Å²) < 4.78 is 1.88. The van der Waals surface area contributed by atoms with Gasteiger partial charge in [0.25, 0.3) is 0 Å². The normalized spacial score (nSPS) is 12.5. The molecule has 0 aliphatic rings. The molecule has 6 nitrogen and oxygen atoms in total. The SMILES string of the molecule is CC(NCc1ccc(CC(=O)O)s1)c1nncn1C. The van der Waals surface area contributed by atoms with Crippen LogP contribution in [0.4, 0.5) is 0 Å². The van der Waals surface area contributed by atoms with Gasteiger partial charge in [-0.05, 0) is 19.1 Å². The van der Waals surface area contributed by atoms with Crippen LogP contribution in [-0.4, -0.2) is 25.8 Å². The number of aliphatic carboxylic acids is 1. The predicted molar refractivity (Wildman–Crippen MR) is 71.9 cm³/mol. The Morgan fingerprint density at radius 1 is 1.53 bits per heavy atom. The number of carboxylic acids is 1. The number of aryl methyl sites for hydroxylation is 1. The zero-order chi connectivity index (χ0) is 13.8. The van der Waals surface area contributed by atoms with E-state index in [1.165, 1.54) is 11.3 Å². The van der Waals surface area contributed by atoms with Crippen LogP contribution in [0.2, 0.25) is 0 Å². The maximum Gasteiger partial charge on any atom is 0.308 e. The first-order chi connectivity index (χ1) is 9.06. The van der Waals surface area contributed by atoms with Crippen molar-refractivity contribution in [1.29, 1.82) is 0 Å². The molecule has 0 aromatic carbocycles. The number of hydrogen-bond acceptors (Lipinski definition) is 5. The van der Waals surface area contributed by atoms with Crippen molar-refractivity contribution < 1.29 is 9.90 Å². The number of carboxylic acid groups (broad SMARTS) is 1. The molecule has 0 bridgehead atoms. The monoisotopic (exact) mass is 280 g/mol. The molecule has 7 heteroatoms. The minimum absolute atomic E-state index is 0.0868. The van der Waals surface area contributed by atoms with E-state index in [0.717, 1.165) is 15.6 Å². The summed E-state index contributed by atoms with van der Waals surface area (Å²) in [5, 5.41) is 20.0. The van der Waals surface area contributed by atoms with Crippen LogP contribution in [0.5, 0.6) is 0 Å². The molecule has 2 heterocycles. The fourth-order valence-corrected chi connectivity index (χ4v) is 2.75. The average Bonchev–Trinajstić information content (AvgIpc) is 2.94. The molecule has 2 aromatic heterocycles. The average molecular weight is 280 g/mol. The van der Waals surface area contributed by atoms with Crippen LogP contribution in [0.3, 0.4) is 0 Å². The number of aromatic nitrogens is 3. The highest BCUT2D eigenvalue weighted by Gasteiger charge is 2.11. The van der Waals surface area contributed by atoms with Crippen molar-refractivity contribution in [3.05, 3.63) is 34.0 Å². The molecule has 1 atom stereocenters. The number of thiophene rings is 1. The fourth-order valence-electron chi connectivity index (χ4n) is 1.79. The van der Waals surface area contributed by atoms with E-state index in [9.17, 15) is 4.79 Å². The summed E-state index contributed by atoms with van der Waals surface area (Å²) in [5.41, 5.74) is 0. The summed E-state index contributed by atoms with van der Waals surface area (Å²) in [4.78, 5) is 12.6. The highest BCUT2D eigenvalue weighted by molar-refractivity contribution is 7.12. The molecule has 0 fully saturated rings. The van der Waals surface area contributed by atoms with Crippen LogP contribution in [0.25, 0.3) is 0 Å². The Balaban J connectivity index is 1.90. The lowest BCUT2D eigenvalue weighted by molar-refractivity contribution is -0.136. The second-order valence-corrected chi connectivity index (χ2v) is 5.59. The summed E-state index contributed by atoms with van der Waals surface area (Å²) in [6.45, 7) is 2.72. The molecule has 0 aliphatic carbocycles. The van der Waals surface area contributed by atoms with Crippen molar-refractivity contribution in [2.45, 2.75) is 25.9 Å². The smallest absolute Gasteiger partial charge is 0.308 e. The van der Waals surface area contributed by atoms with Crippen LogP contribution < -0.4 is 5.32 Å². The Labute approximate surface area is 115 Å². The standard InChI is InChI=1S/C12H16N4O2S/c1-8(12-15-14-7-16(12)2)13-6-10-4-3-9(19-10)5-11(17)18/h3-4,7-8,13H,5-6H2,1-2H3,(H,17,18). The quantitative estimate of drug-likeness (QED) is 0.835. The second kappa shape index (κ2) is 5.94. The maximum absolute atomic E-state index is 10.6. The molecule has 0 radical (unpaired) electrons. The highest BCUT2D eigenvalue weighted by Crippen LogP contribution is 2.18. The van der Waals surface area contributed by atoms with E-state index in [2.05, 4.69) is 15.5 Å². The first-order valence-electron chi connectivity index (χ1n) is 5.93. The second-order valence-electron chi connectivity index (χ2n) is 4.34. The number of hydrogen-bond donors (Lipinski definition) is 2. The number of carbonyl (C=O) groups is 1. The van der Waals surface area contributed by atoms with Gasteiger partial charge in [-0.25, -0.2) is 0 Å². The first-order valence-corrected chi connectivity index (χ1v) is 6.74. The van der Waals surface area contributed by atoms with Gasteiger partial charge < -0.3 is 15.0 Å². The third-order valence-electron chi connectivity index (χ3n) is 2.76. The molecular formula is C12H16N4O2S. The predicted octanol–water partition coefficient (Wildman–Crippen LogP) is 1.35. The molecule has 0 saturated heterocycles. The van der Waals surface area contributed by atoms with Crippen LogP contribution in [0, 0.1) is 0 Å². The molecule has 0 spiro atoms. The van der Waals surface area contributed by atoms with Crippen molar-refractivity contribution in [3.63, 3.8) is 0 Å². The topological polar surface area (TPSA) is 80.0 Å². The van der Waals surface area contributed by atoms with Gasteiger partial charge >= 0.3 is 5.97 Å². The largest absolute Gasteiger partial charge is 0.481 e. The van der Waals surface area contributed by atoms with Gasteiger partial charge in [0.2, 0.25) is 0 Å². The van der Waals surface area contributed by atoms with Gasteiger partial charge in [-0.3, -0.25) is 4.79 Å². The van der Waals surface area contributed by atoms with Crippen molar-refractivity contribution in [1.82, 2.24) is 20.1 Å². The first kappa shape index (κ1) is 13.7. The van der Waals surface area contributed by atoms with Crippen molar-refractivity contribution in [2.75, 3.05) is 0 Å². The van der Waals surface area contributed by atoms with Gasteiger partial charge in [0.05, 0.1) is 12.5 Å². The lowest BCUT2D eigenvalue weighted by atomic mass is 10.3. The number of nitrogens with one attached hydrogen (secondary N) is 1. The number of nitrogens with zero attached hydrogens (tertiary/aromatic N) is 3. The molecule has 0 aliphatic heterocycles. The van der Waals surface area contributed by atoms with E-state index in [4.69, 9.17) is 5.11 Å². The van der Waals surface area contributed by atoms with Crippen LogP contribution >= 0.6 is 11.3 Å². The fraction of sp³-hybridized carbons (Fsp3) is 0.417. The van der Waals surface area contributed by atoms with Crippen LogP contribution in [-0.2, 0) is 24.8 Å². The summed E-state index contributed by atoms with van der Waals surface area (Å²) in [5.74, 6) is 0.0797. The minimum Gasteiger partial charge on any atom is -0.481 e.